The van der Waals surface area contributed by atoms with Crippen molar-refractivity contribution in [3.63, 3.8) is 0 Å². The number of hydrogen-bond acceptors (Lipinski definition) is 30. The summed E-state index contributed by atoms with van der Waals surface area (Å²) < 4.78 is 0. The molecule has 0 unspecified atom stereocenters. The third kappa shape index (κ3) is 17000. The van der Waals surface area contributed by atoms with E-state index in [1.807, 2.05) is 0 Å². The Morgan fingerprint density at radius 3 is 0.196 bits per heavy atom. The molecule has 0 amide bonds. The first-order valence-electron chi connectivity index (χ1n) is 1.10. The van der Waals surface area contributed by atoms with Crippen LogP contribution in [-0.2, 0) is 67.1 Å². The summed E-state index contributed by atoms with van der Waals surface area (Å²) in [6, 6.07) is 0. The topological polar surface area (TPSA) is 972 Å². The molecule has 0 atom stereocenters. The normalized spacial score (nSPS) is 1.04. The Hall–Kier alpha value is 2.37. The number of nitrogens with zero attached hydrogens (tertiary/aromatic N) is 2. The van der Waals surface area contributed by atoms with Crippen molar-refractivity contribution in [3.05, 3.63) is 30.6 Å². The maximum atomic E-state index is 8.25. The van der Waals surface area contributed by atoms with Crippen LogP contribution in [0.1, 0.15) is 0 Å². The molecule has 0 aliphatic rings. The van der Waals surface area contributed by atoms with Crippen LogP contribution in [0.4, 0.5) is 0 Å². The predicted octanol–water partition coefficient (Wildman–Crippen LogP) is -26.6. The van der Waals surface area contributed by atoms with E-state index in [0.29, 0.717) is 0 Å². The van der Waals surface area contributed by atoms with Gasteiger partial charge in [-0.1, -0.05) is 0 Å². The molecule has 0 saturated carbocycles. The van der Waals surface area contributed by atoms with Crippen molar-refractivity contribution < 1.29 is 201 Å². The molecule has 0 radical (unpaired) electrons. The molecule has 72 N–H and O–H groups in total. The average molecular weight is 1120 g/mol. The quantitative estimate of drug-likeness (QED) is 0.0791. The SMILES string of the molecule is N.N.N.N.N.N.N.N.N.N.N.N.N.N.N.N.N.N.N.N.N.N.N.N.O=[N+]([O-])[O-].O=[N+]([O-])[O-].[Cl-].[Cl-].[Cl-].[Cl-].[Cl-].[Cl-].[Cl-].[Cl-].[Cl-].[Cl-].[Co+3].[Co+3].[Co+3].[Co+3]. The molecular weight excluding hydrogens is 1050 g/mol. The molecule has 0 rings (SSSR count). The van der Waals surface area contributed by atoms with Crippen LogP contribution in [0.3, 0.4) is 0 Å². The molecule has 0 aromatic carbocycles. The zero-order valence-electron chi connectivity index (χ0n) is 25.4. The fraction of sp³-hybridized carbons (Fsp3) is 0. The number of hydrogen-bond donors (Lipinski definition) is 24. The van der Waals surface area contributed by atoms with Gasteiger partial charge in [-0.3, -0.25) is 0 Å². The van der Waals surface area contributed by atoms with Gasteiger partial charge in [0.2, 0.25) is 0 Å². The Bertz CT molecular complexity index is 133. The van der Waals surface area contributed by atoms with E-state index in [0.717, 1.165) is 0 Å². The standard InChI is InChI=1S/10ClH.4Co.2NO3.24H3N/c;;;;;;;;;;;;;;2*2-1(3)4;;;;;;;;;;;;;;;;;;;;;;;;/h10*1H;;;;;;;24*1H3/q;;;;;;;;;;4*+3;2*-1;;;;;;;;;;;;;;;;;;;;;;;;/p-10. The molecule has 46 heteroatoms. The van der Waals surface area contributed by atoms with Crippen molar-refractivity contribution in [1.29, 1.82) is 0 Å². The maximum absolute atomic E-state index is 8.25. The summed E-state index contributed by atoms with van der Waals surface area (Å²) >= 11 is 0. The van der Waals surface area contributed by atoms with Crippen LogP contribution >= 0.6 is 0 Å². The summed E-state index contributed by atoms with van der Waals surface area (Å²) in [6.07, 6.45) is 0. The summed E-state index contributed by atoms with van der Waals surface area (Å²) in [5.74, 6) is 0. The van der Waals surface area contributed by atoms with Gasteiger partial charge in [-0.25, -0.2) is 0 Å². The average Bonchev–Trinajstić information content (AvgIpc) is 1.25. The molecule has 0 spiro atoms. The van der Waals surface area contributed by atoms with Crippen LogP contribution in [0.25, 0.3) is 0 Å². The smallest absolute Gasteiger partial charge is 1.00 e. The largest absolute Gasteiger partial charge is 3.00 e. The van der Waals surface area contributed by atoms with Crippen LogP contribution < -0.4 is 272 Å². The van der Waals surface area contributed by atoms with Gasteiger partial charge in [0.15, 0.2) is 0 Å². The van der Waals surface area contributed by atoms with E-state index in [1.54, 1.807) is 0 Å². The molecule has 0 aliphatic carbocycles. The van der Waals surface area contributed by atoms with Gasteiger partial charge < -0.3 is 302 Å². The van der Waals surface area contributed by atoms with Crippen LogP contribution in [0.15, 0.2) is 0 Å². The van der Waals surface area contributed by atoms with Gasteiger partial charge in [-0.05, 0) is 0 Å². The Labute approximate surface area is 376 Å². The Morgan fingerprint density at radius 2 is 0.196 bits per heavy atom. The maximum Gasteiger partial charge on any atom is 3.00 e. The van der Waals surface area contributed by atoms with E-state index in [1.165, 1.54) is 0 Å². The third-order valence-electron chi connectivity index (χ3n) is 0. The summed E-state index contributed by atoms with van der Waals surface area (Å²) in [7, 11) is 0. The van der Waals surface area contributed by atoms with Crippen molar-refractivity contribution in [2.24, 2.45) is 0 Å². The number of halogens is 10. The molecule has 344 valence electrons. The molecule has 0 heterocycles. The van der Waals surface area contributed by atoms with Crippen LogP contribution in [0.2, 0.25) is 0 Å². The Balaban J connectivity index is -0.000000000226. The minimum atomic E-state index is -1.75. The Morgan fingerprint density at radius 1 is 0.196 bits per heavy atom. The van der Waals surface area contributed by atoms with Crippen molar-refractivity contribution >= 4 is 0 Å². The zero-order valence-corrected chi connectivity index (χ0v) is 37.2. The molecule has 0 aliphatic heterocycles. The van der Waals surface area contributed by atoms with Crippen molar-refractivity contribution in [2.45, 2.75) is 0 Å². The van der Waals surface area contributed by atoms with Crippen LogP contribution in [-0.4, -0.2) is 10.2 Å². The van der Waals surface area contributed by atoms with E-state index in [-0.39, 0.29) is 339 Å². The second kappa shape index (κ2) is 1450. The zero-order chi connectivity index (χ0) is 7.15. The van der Waals surface area contributed by atoms with Crippen molar-refractivity contribution in [1.82, 2.24) is 148 Å². The minimum absolute atomic E-state index is 0. The van der Waals surface area contributed by atoms with E-state index >= 15 is 0 Å². The van der Waals surface area contributed by atoms with E-state index < -0.39 is 10.2 Å². The summed E-state index contributed by atoms with van der Waals surface area (Å²) in [5, 5.41) is 29.5. The number of rotatable bonds is 0. The van der Waals surface area contributed by atoms with Crippen LogP contribution in [0.5, 0.6) is 0 Å². The summed E-state index contributed by atoms with van der Waals surface area (Å²) in [5.41, 5.74) is 0. The second-order valence-electron chi connectivity index (χ2n) is 0.447. The molecule has 0 aromatic heterocycles. The third-order valence-corrected chi connectivity index (χ3v) is 0. The summed E-state index contributed by atoms with van der Waals surface area (Å²) in [4.78, 5) is 16.5. The first-order valence-corrected chi connectivity index (χ1v) is 1.10. The minimum Gasteiger partial charge on any atom is -1.00 e. The molecule has 0 bridgehead atoms. The fourth-order valence-corrected chi connectivity index (χ4v) is 0. The van der Waals surface area contributed by atoms with Crippen molar-refractivity contribution in [2.75, 3.05) is 0 Å². The van der Waals surface area contributed by atoms with Gasteiger partial charge in [-0.15, -0.1) is 0 Å². The van der Waals surface area contributed by atoms with E-state index in [9.17, 15) is 0 Å². The molecule has 46 heavy (non-hydrogen) atoms. The van der Waals surface area contributed by atoms with Gasteiger partial charge in [-0.2, -0.15) is 0 Å². The van der Waals surface area contributed by atoms with E-state index in [4.69, 9.17) is 30.6 Å². The molecular formula is H72Cl10Co4N26O6. The molecule has 32 nitrogen and oxygen atoms in total. The van der Waals surface area contributed by atoms with Gasteiger partial charge in [0.1, 0.15) is 0 Å². The van der Waals surface area contributed by atoms with Crippen molar-refractivity contribution in [3.8, 4) is 0 Å². The van der Waals surface area contributed by atoms with Gasteiger partial charge >= 0.3 is 67.1 Å². The predicted molar refractivity (Wildman–Crippen MR) is 141 cm³/mol. The first-order chi connectivity index (χ1) is 3.46. The summed E-state index contributed by atoms with van der Waals surface area (Å²) in [6.45, 7) is 0. The van der Waals surface area contributed by atoms with E-state index in [2.05, 4.69) is 0 Å². The van der Waals surface area contributed by atoms with Gasteiger partial charge in [0, 0.05) is 0 Å². The monoisotopic (exact) mass is 1120 g/mol. The Kier molecular flexibility index (Phi) is 49000. The molecule has 0 saturated heterocycles. The first kappa shape index (κ1) is 1550. The molecule has 0 aromatic rings. The van der Waals surface area contributed by atoms with Gasteiger partial charge in [0.05, 0.1) is 10.2 Å². The van der Waals surface area contributed by atoms with Gasteiger partial charge in [0.25, 0.3) is 0 Å². The second-order valence-corrected chi connectivity index (χ2v) is 0.447. The fourth-order valence-electron chi connectivity index (χ4n) is 0. The van der Waals surface area contributed by atoms with Crippen LogP contribution in [0, 0.1) is 30.6 Å². The molecule has 0 fully saturated rings.